The summed E-state index contributed by atoms with van der Waals surface area (Å²) >= 11 is 3.36. The Bertz CT molecular complexity index is 949. The Morgan fingerprint density at radius 2 is 2.15 bits per heavy atom. The van der Waals surface area contributed by atoms with Gasteiger partial charge in [0, 0.05) is 18.7 Å². The van der Waals surface area contributed by atoms with Crippen LogP contribution in [-0.4, -0.2) is 17.8 Å². The highest BCUT2D eigenvalue weighted by atomic mass is 35.5. The van der Waals surface area contributed by atoms with Crippen LogP contribution in [0, 0.1) is 0 Å². The van der Waals surface area contributed by atoms with Crippen molar-refractivity contribution in [3.63, 3.8) is 0 Å². The van der Waals surface area contributed by atoms with Gasteiger partial charge >= 0.3 is 0 Å². The molecule has 4 rings (SSSR count). The van der Waals surface area contributed by atoms with Crippen molar-refractivity contribution in [1.82, 2.24) is 10.5 Å². The van der Waals surface area contributed by atoms with Crippen molar-refractivity contribution < 1.29 is 9.26 Å². The fraction of sp³-hybridized carbons (Fsp3) is 0.211. The fourth-order valence-corrected chi connectivity index (χ4v) is 4.15. The molecule has 3 heterocycles. The Kier molecular flexibility index (Phi) is 6.32. The lowest BCUT2D eigenvalue weighted by Crippen LogP contribution is -2.28. The molecule has 0 aliphatic carbocycles. The van der Waals surface area contributed by atoms with E-state index in [-0.39, 0.29) is 18.5 Å². The monoisotopic (exact) mass is 406 g/mol. The molecule has 0 radical (unpaired) electrons. The van der Waals surface area contributed by atoms with Crippen LogP contribution < -0.4 is 10.1 Å². The third-order valence-electron chi connectivity index (χ3n) is 3.87. The van der Waals surface area contributed by atoms with Gasteiger partial charge in [-0.05, 0) is 52.9 Å². The molecule has 136 valence electrons. The Morgan fingerprint density at radius 1 is 1.23 bits per heavy atom. The van der Waals surface area contributed by atoms with Crippen LogP contribution in [0.15, 0.2) is 57.1 Å². The van der Waals surface area contributed by atoms with E-state index in [9.17, 15) is 0 Å². The molecule has 0 saturated carbocycles. The summed E-state index contributed by atoms with van der Waals surface area (Å²) in [6.07, 6.45) is 0.0768. The summed E-state index contributed by atoms with van der Waals surface area (Å²) in [6, 6.07) is 12.1. The normalized spacial score (nSPS) is 12.0. The summed E-state index contributed by atoms with van der Waals surface area (Å²) in [5, 5.41) is 13.9. The van der Waals surface area contributed by atoms with E-state index in [4.69, 9.17) is 9.26 Å². The van der Waals surface area contributed by atoms with Gasteiger partial charge in [0.2, 0.25) is 0 Å². The first kappa shape index (κ1) is 18.9. The SMILES string of the molecule is CC(CNCc1ccsc1)Oc1cccc(-c2noc3ccsc23)c1.Cl. The van der Waals surface area contributed by atoms with Crippen molar-refractivity contribution in [1.29, 1.82) is 0 Å². The number of ether oxygens (including phenoxy) is 1. The van der Waals surface area contributed by atoms with E-state index < -0.39 is 0 Å². The Morgan fingerprint density at radius 3 is 3.00 bits per heavy atom. The number of hydrogen-bond donors (Lipinski definition) is 1. The second kappa shape index (κ2) is 8.68. The topological polar surface area (TPSA) is 47.3 Å². The average molecular weight is 407 g/mol. The summed E-state index contributed by atoms with van der Waals surface area (Å²) in [6.45, 7) is 3.73. The molecule has 0 bridgehead atoms. The van der Waals surface area contributed by atoms with Crippen LogP contribution in [0.5, 0.6) is 5.75 Å². The molecule has 7 heteroatoms. The van der Waals surface area contributed by atoms with Gasteiger partial charge in [0.15, 0.2) is 5.58 Å². The van der Waals surface area contributed by atoms with Crippen LogP contribution >= 0.6 is 35.1 Å². The predicted molar refractivity (Wildman–Crippen MR) is 111 cm³/mol. The van der Waals surface area contributed by atoms with Gasteiger partial charge in [-0.15, -0.1) is 23.7 Å². The smallest absolute Gasteiger partial charge is 0.178 e. The van der Waals surface area contributed by atoms with E-state index in [0.717, 1.165) is 40.4 Å². The summed E-state index contributed by atoms with van der Waals surface area (Å²) < 4.78 is 12.5. The Labute approximate surface area is 166 Å². The van der Waals surface area contributed by atoms with Crippen LogP contribution in [0.1, 0.15) is 12.5 Å². The van der Waals surface area contributed by atoms with Crippen LogP contribution in [0.25, 0.3) is 21.5 Å². The molecule has 3 aromatic heterocycles. The molecule has 0 fully saturated rings. The molecular formula is C19H19ClN2O2S2. The molecule has 0 aliphatic rings. The zero-order chi connectivity index (χ0) is 17.1. The standard InChI is InChI=1S/C19H18N2O2S2.ClH/c1-13(10-20-11-14-5-7-24-12-14)22-16-4-2-3-15(9-16)18-19-17(23-21-18)6-8-25-19;/h2-9,12-13,20H,10-11H2,1H3;1H. The fourth-order valence-electron chi connectivity index (χ4n) is 2.67. The molecular weight excluding hydrogens is 388 g/mol. The molecule has 4 aromatic rings. The van der Waals surface area contributed by atoms with Crippen molar-refractivity contribution in [3.05, 3.63) is 58.1 Å². The molecule has 0 spiro atoms. The molecule has 1 atom stereocenters. The van der Waals surface area contributed by atoms with Crippen molar-refractivity contribution in [2.75, 3.05) is 6.54 Å². The first-order valence-electron chi connectivity index (χ1n) is 8.11. The number of aromatic nitrogens is 1. The Hall–Kier alpha value is -1.86. The predicted octanol–water partition coefficient (Wildman–Crippen LogP) is 5.60. The maximum atomic E-state index is 6.05. The minimum atomic E-state index is 0. The summed E-state index contributed by atoms with van der Waals surface area (Å²) in [5.74, 6) is 0.843. The van der Waals surface area contributed by atoms with Crippen molar-refractivity contribution >= 4 is 45.4 Å². The van der Waals surface area contributed by atoms with E-state index in [1.165, 1.54) is 5.56 Å². The van der Waals surface area contributed by atoms with Gasteiger partial charge in [-0.25, -0.2) is 0 Å². The second-order valence-corrected chi connectivity index (χ2v) is 7.56. The minimum Gasteiger partial charge on any atom is -0.489 e. The van der Waals surface area contributed by atoms with Gasteiger partial charge in [-0.3, -0.25) is 0 Å². The lowest BCUT2D eigenvalue weighted by atomic mass is 10.1. The van der Waals surface area contributed by atoms with Crippen molar-refractivity contribution in [2.45, 2.75) is 19.6 Å². The first-order valence-corrected chi connectivity index (χ1v) is 9.93. The van der Waals surface area contributed by atoms with E-state index in [2.05, 4.69) is 34.2 Å². The molecule has 0 aliphatic heterocycles. The number of rotatable bonds is 7. The number of fused-ring (bicyclic) bond motifs is 1. The first-order chi connectivity index (χ1) is 12.3. The summed E-state index contributed by atoms with van der Waals surface area (Å²) in [5.41, 5.74) is 4.03. The molecule has 1 N–H and O–H groups in total. The minimum absolute atomic E-state index is 0. The molecule has 1 unspecified atom stereocenters. The lowest BCUT2D eigenvalue weighted by Gasteiger charge is -2.15. The summed E-state index contributed by atoms with van der Waals surface area (Å²) in [4.78, 5) is 0. The van der Waals surface area contributed by atoms with Crippen molar-refractivity contribution in [2.24, 2.45) is 0 Å². The summed E-state index contributed by atoms with van der Waals surface area (Å²) in [7, 11) is 0. The lowest BCUT2D eigenvalue weighted by molar-refractivity contribution is 0.217. The average Bonchev–Trinajstić information content (AvgIpc) is 3.33. The van der Waals surface area contributed by atoms with E-state index in [1.807, 2.05) is 35.7 Å². The highest BCUT2D eigenvalue weighted by Gasteiger charge is 2.13. The number of thiophene rings is 2. The van der Waals surface area contributed by atoms with Gasteiger partial charge in [0.1, 0.15) is 22.2 Å². The van der Waals surface area contributed by atoms with Gasteiger partial charge in [0.05, 0.1) is 0 Å². The molecule has 4 nitrogen and oxygen atoms in total. The van der Waals surface area contributed by atoms with Crippen LogP contribution in [0.3, 0.4) is 0 Å². The maximum absolute atomic E-state index is 6.05. The third kappa shape index (κ3) is 4.27. The maximum Gasteiger partial charge on any atom is 0.178 e. The number of benzene rings is 1. The highest BCUT2D eigenvalue weighted by molar-refractivity contribution is 7.17. The van der Waals surface area contributed by atoms with E-state index >= 15 is 0 Å². The van der Waals surface area contributed by atoms with Gasteiger partial charge in [-0.2, -0.15) is 11.3 Å². The highest BCUT2D eigenvalue weighted by Crippen LogP contribution is 2.33. The van der Waals surface area contributed by atoms with E-state index in [0.29, 0.717) is 0 Å². The van der Waals surface area contributed by atoms with E-state index in [1.54, 1.807) is 22.7 Å². The number of nitrogens with one attached hydrogen (secondary N) is 1. The Balaban J connectivity index is 0.00000196. The van der Waals surface area contributed by atoms with Crippen LogP contribution in [-0.2, 0) is 6.54 Å². The van der Waals surface area contributed by atoms with Gasteiger partial charge < -0.3 is 14.6 Å². The molecule has 1 aromatic carbocycles. The number of nitrogens with zero attached hydrogens (tertiary/aromatic N) is 1. The van der Waals surface area contributed by atoms with Gasteiger partial charge in [-0.1, -0.05) is 17.3 Å². The van der Waals surface area contributed by atoms with Crippen LogP contribution in [0.4, 0.5) is 0 Å². The number of halogens is 1. The van der Waals surface area contributed by atoms with Gasteiger partial charge in [0.25, 0.3) is 0 Å². The zero-order valence-corrected chi connectivity index (χ0v) is 16.6. The molecule has 0 amide bonds. The quantitative estimate of drug-likeness (QED) is 0.434. The zero-order valence-electron chi connectivity index (χ0n) is 14.2. The largest absolute Gasteiger partial charge is 0.489 e. The number of hydrogen-bond acceptors (Lipinski definition) is 6. The molecule has 26 heavy (non-hydrogen) atoms. The van der Waals surface area contributed by atoms with Crippen molar-refractivity contribution in [3.8, 4) is 17.0 Å². The molecule has 0 saturated heterocycles. The third-order valence-corrected chi connectivity index (χ3v) is 5.50. The van der Waals surface area contributed by atoms with Crippen LogP contribution in [0.2, 0.25) is 0 Å². The second-order valence-electron chi connectivity index (χ2n) is 5.86.